The molecule has 1 aromatic heterocycles. The molecule has 0 aliphatic carbocycles. The number of carbonyl (C=O) groups is 1. The Morgan fingerprint density at radius 1 is 0.963 bits per heavy atom. The van der Waals surface area contributed by atoms with Gasteiger partial charge in [0, 0.05) is 18.9 Å². The van der Waals surface area contributed by atoms with Crippen molar-refractivity contribution < 1.29 is 4.79 Å². The lowest BCUT2D eigenvalue weighted by atomic mass is 10.1. The van der Waals surface area contributed by atoms with Crippen LogP contribution in [0, 0.1) is 0 Å². The zero-order chi connectivity index (χ0) is 19.1. The maximum absolute atomic E-state index is 12.6. The normalized spacial score (nSPS) is 10.1. The molecule has 0 fully saturated rings. The molecule has 0 atom stereocenters. The van der Waals surface area contributed by atoms with E-state index < -0.39 is 0 Å². The number of hydrogen-bond acceptors (Lipinski definition) is 3. The predicted molar refractivity (Wildman–Crippen MR) is 113 cm³/mol. The van der Waals surface area contributed by atoms with Gasteiger partial charge in [0.05, 0.1) is 22.0 Å². The molecule has 7 heteroatoms. The van der Waals surface area contributed by atoms with Gasteiger partial charge in [-0.3, -0.25) is 9.78 Å². The quantitative estimate of drug-likeness (QED) is 0.555. The number of nitrogens with one attached hydrogen (secondary N) is 3. The van der Waals surface area contributed by atoms with E-state index in [9.17, 15) is 4.79 Å². The maximum Gasteiger partial charge on any atom is 0.253 e. The number of nitrogens with zero attached hydrogens (tertiary/aromatic N) is 1. The number of amides is 1. The van der Waals surface area contributed by atoms with E-state index in [1.807, 2.05) is 36.4 Å². The Labute approximate surface area is 167 Å². The highest BCUT2D eigenvalue weighted by Gasteiger charge is 2.12. The van der Waals surface area contributed by atoms with Crippen LogP contribution in [0.2, 0.25) is 5.02 Å². The molecule has 0 bridgehead atoms. The molecule has 0 saturated carbocycles. The average Bonchev–Trinajstić information content (AvgIpc) is 2.69. The smallest absolute Gasteiger partial charge is 0.253 e. The Balaban J connectivity index is 1.67. The molecule has 5 nitrogen and oxygen atoms in total. The molecule has 136 valence electrons. The summed E-state index contributed by atoms with van der Waals surface area (Å²) in [7, 11) is 0. The van der Waals surface area contributed by atoms with Crippen LogP contribution in [0.25, 0.3) is 0 Å². The summed E-state index contributed by atoms with van der Waals surface area (Å²) in [6.07, 6.45) is 3.41. The zero-order valence-electron chi connectivity index (χ0n) is 14.3. The largest absolute Gasteiger partial charge is 0.348 e. The molecule has 1 amide bonds. The van der Waals surface area contributed by atoms with Crippen LogP contribution in [0.15, 0.2) is 73.1 Å². The molecular formula is C20H17ClN4OS. The highest BCUT2D eigenvalue weighted by atomic mass is 35.5. The summed E-state index contributed by atoms with van der Waals surface area (Å²) >= 11 is 11.5. The summed E-state index contributed by atoms with van der Waals surface area (Å²) in [5.74, 6) is -0.206. The highest BCUT2D eigenvalue weighted by Crippen LogP contribution is 2.21. The van der Waals surface area contributed by atoms with E-state index in [4.69, 9.17) is 23.8 Å². The molecule has 0 aliphatic heterocycles. The first-order valence-electron chi connectivity index (χ1n) is 8.22. The Morgan fingerprint density at radius 3 is 2.41 bits per heavy atom. The van der Waals surface area contributed by atoms with Gasteiger partial charge in [-0.25, -0.2) is 0 Å². The van der Waals surface area contributed by atoms with Crippen molar-refractivity contribution in [3.8, 4) is 0 Å². The number of rotatable bonds is 5. The van der Waals surface area contributed by atoms with Crippen molar-refractivity contribution in [2.45, 2.75) is 6.54 Å². The number of thiocarbonyl (C=S) groups is 1. The summed E-state index contributed by atoms with van der Waals surface area (Å²) < 4.78 is 0. The van der Waals surface area contributed by atoms with Gasteiger partial charge in [-0.2, -0.15) is 0 Å². The van der Waals surface area contributed by atoms with Crippen LogP contribution in [0.5, 0.6) is 0 Å². The molecule has 0 radical (unpaired) electrons. The van der Waals surface area contributed by atoms with Crippen molar-refractivity contribution in [1.29, 1.82) is 0 Å². The first kappa shape index (κ1) is 18.8. The van der Waals surface area contributed by atoms with Gasteiger partial charge < -0.3 is 16.0 Å². The minimum Gasteiger partial charge on any atom is -0.348 e. The topological polar surface area (TPSA) is 66.0 Å². The molecule has 3 aromatic rings. The van der Waals surface area contributed by atoms with Gasteiger partial charge in [-0.05, 0) is 48.1 Å². The van der Waals surface area contributed by atoms with Gasteiger partial charge in [0.1, 0.15) is 0 Å². The van der Waals surface area contributed by atoms with E-state index in [2.05, 4.69) is 20.9 Å². The molecule has 3 rings (SSSR count). The van der Waals surface area contributed by atoms with E-state index in [1.165, 1.54) is 0 Å². The van der Waals surface area contributed by atoms with Crippen molar-refractivity contribution in [1.82, 2.24) is 10.3 Å². The minimum atomic E-state index is -0.206. The van der Waals surface area contributed by atoms with E-state index in [0.29, 0.717) is 33.6 Å². The van der Waals surface area contributed by atoms with Crippen molar-refractivity contribution in [2.24, 2.45) is 0 Å². The molecule has 1 heterocycles. The number of anilines is 2. The fourth-order valence-corrected chi connectivity index (χ4v) is 2.81. The molecule has 0 saturated heterocycles. The zero-order valence-corrected chi connectivity index (χ0v) is 15.8. The average molecular weight is 397 g/mol. The second-order valence-corrected chi connectivity index (χ2v) is 6.46. The summed E-state index contributed by atoms with van der Waals surface area (Å²) in [4.78, 5) is 16.6. The SMILES string of the molecule is O=C(NCc1cccnc1)c1ccccc1NC(=S)Nc1ccccc1Cl. The van der Waals surface area contributed by atoms with Crippen molar-refractivity contribution in [3.63, 3.8) is 0 Å². The Morgan fingerprint density at radius 2 is 1.67 bits per heavy atom. The number of hydrogen-bond donors (Lipinski definition) is 3. The molecule has 27 heavy (non-hydrogen) atoms. The molecule has 2 aromatic carbocycles. The summed E-state index contributed by atoms with van der Waals surface area (Å²) in [6, 6.07) is 18.2. The standard InChI is InChI=1S/C20H17ClN4OS/c21-16-8-2-4-10-18(16)25-20(27)24-17-9-3-1-7-15(17)19(26)23-13-14-6-5-11-22-12-14/h1-12H,13H2,(H,23,26)(H2,24,25,27). The second-order valence-electron chi connectivity index (χ2n) is 5.65. The lowest BCUT2D eigenvalue weighted by Gasteiger charge is -2.14. The number of halogens is 1. The molecule has 0 spiro atoms. The third-order valence-corrected chi connectivity index (χ3v) is 4.25. The van der Waals surface area contributed by atoms with Gasteiger partial charge in [-0.1, -0.05) is 41.9 Å². The lowest BCUT2D eigenvalue weighted by molar-refractivity contribution is 0.0951. The predicted octanol–water partition coefficient (Wildman–Crippen LogP) is 4.47. The van der Waals surface area contributed by atoms with Crippen molar-refractivity contribution in [3.05, 3.63) is 89.2 Å². The van der Waals surface area contributed by atoms with Gasteiger partial charge in [0.15, 0.2) is 5.11 Å². The second kappa shape index (κ2) is 9.12. The van der Waals surface area contributed by atoms with Crippen molar-refractivity contribution >= 4 is 46.2 Å². The number of pyridine rings is 1. The van der Waals surface area contributed by atoms with Crippen LogP contribution < -0.4 is 16.0 Å². The monoisotopic (exact) mass is 396 g/mol. The van der Waals surface area contributed by atoms with Crippen LogP contribution in [-0.2, 0) is 6.54 Å². The summed E-state index contributed by atoms with van der Waals surface area (Å²) in [5, 5.41) is 9.87. The van der Waals surface area contributed by atoms with Gasteiger partial charge >= 0.3 is 0 Å². The van der Waals surface area contributed by atoms with Crippen LogP contribution in [-0.4, -0.2) is 16.0 Å². The van der Waals surface area contributed by atoms with Gasteiger partial charge in [-0.15, -0.1) is 0 Å². The third kappa shape index (κ3) is 5.26. The lowest BCUT2D eigenvalue weighted by Crippen LogP contribution is -2.26. The molecular weight excluding hydrogens is 380 g/mol. The van der Waals surface area contributed by atoms with Crippen molar-refractivity contribution in [2.75, 3.05) is 10.6 Å². The van der Waals surface area contributed by atoms with Crippen LogP contribution >= 0.6 is 23.8 Å². The Kier molecular flexibility index (Phi) is 6.35. The minimum absolute atomic E-state index is 0.206. The van der Waals surface area contributed by atoms with E-state index in [1.54, 1.807) is 36.7 Å². The first-order valence-corrected chi connectivity index (χ1v) is 9.01. The highest BCUT2D eigenvalue weighted by molar-refractivity contribution is 7.80. The van der Waals surface area contributed by atoms with E-state index in [0.717, 1.165) is 5.56 Å². The number of carbonyl (C=O) groups excluding carboxylic acids is 1. The summed E-state index contributed by atoms with van der Waals surface area (Å²) in [5.41, 5.74) is 2.71. The number of aromatic nitrogens is 1. The molecule has 0 aliphatic rings. The maximum atomic E-state index is 12.6. The number of benzene rings is 2. The van der Waals surface area contributed by atoms with E-state index in [-0.39, 0.29) is 5.91 Å². The molecule has 0 unspecified atom stereocenters. The van der Waals surface area contributed by atoms with Crippen LogP contribution in [0.4, 0.5) is 11.4 Å². The fourth-order valence-electron chi connectivity index (χ4n) is 2.41. The van der Waals surface area contributed by atoms with Gasteiger partial charge in [0.25, 0.3) is 5.91 Å². The Hall–Kier alpha value is -2.96. The first-order chi connectivity index (χ1) is 13.1. The molecule has 3 N–H and O–H groups in total. The fraction of sp³-hybridized carbons (Fsp3) is 0.0500. The van der Waals surface area contributed by atoms with E-state index >= 15 is 0 Å². The van der Waals surface area contributed by atoms with Gasteiger partial charge in [0.2, 0.25) is 0 Å². The Bertz CT molecular complexity index is 949. The summed E-state index contributed by atoms with van der Waals surface area (Å²) in [6.45, 7) is 0.392. The van der Waals surface area contributed by atoms with Crippen LogP contribution in [0.3, 0.4) is 0 Å². The van der Waals surface area contributed by atoms with Crippen LogP contribution in [0.1, 0.15) is 15.9 Å². The number of para-hydroxylation sites is 2. The third-order valence-electron chi connectivity index (χ3n) is 3.72.